The Balaban J connectivity index is 1.48. The highest BCUT2D eigenvalue weighted by Gasteiger charge is 2.17. The minimum Gasteiger partial charge on any atom is -0.486 e. The summed E-state index contributed by atoms with van der Waals surface area (Å²) in [4.78, 5) is 13.8. The monoisotopic (exact) mass is 371 g/mol. The van der Waals surface area contributed by atoms with Crippen LogP contribution in [-0.4, -0.2) is 24.3 Å². The third-order valence-electron chi connectivity index (χ3n) is 4.16. The molecule has 0 radical (unpaired) electrons. The Morgan fingerprint density at radius 1 is 1.15 bits per heavy atom. The fraction of sp³-hybridized carbons (Fsp3) is 0.263. The summed E-state index contributed by atoms with van der Waals surface area (Å²) >= 11 is 1.38. The summed E-state index contributed by atoms with van der Waals surface area (Å²) in [5.41, 5.74) is 2.52. The van der Waals surface area contributed by atoms with Gasteiger partial charge in [0.05, 0.1) is 11.3 Å². The number of aryl methyl sites for hydroxylation is 2. The van der Waals surface area contributed by atoms with Gasteiger partial charge in [-0.1, -0.05) is 5.16 Å². The molecule has 1 aliphatic rings. The molecule has 2 aromatic heterocycles. The molecule has 3 heterocycles. The van der Waals surface area contributed by atoms with Gasteiger partial charge in [0.25, 0.3) is 0 Å². The first-order valence-corrected chi connectivity index (χ1v) is 9.02. The van der Waals surface area contributed by atoms with E-state index in [4.69, 9.17) is 18.7 Å². The zero-order valence-electron chi connectivity index (χ0n) is 14.4. The van der Waals surface area contributed by atoms with E-state index in [1.54, 1.807) is 13.0 Å². The van der Waals surface area contributed by atoms with Crippen LogP contribution in [0.4, 0.5) is 0 Å². The van der Waals surface area contributed by atoms with Gasteiger partial charge in [0.15, 0.2) is 11.5 Å². The maximum atomic E-state index is 12.3. The third kappa shape index (κ3) is 3.17. The van der Waals surface area contributed by atoms with E-state index in [1.165, 1.54) is 11.3 Å². The van der Waals surface area contributed by atoms with Gasteiger partial charge < -0.3 is 18.7 Å². The molecule has 1 aromatic carbocycles. The van der Waals surface area contributed by atoms with E-state index in [0.717, 1.165) is 33.2 Å². The first-order valence-electron chi connectivity index (χ1n) is 8.20. The average molecular weight is 371 g/mol. The van der Waals surface area contributed by atoms with E-state index >= 15 is 0 Å². The Morgan fingerprint density at radius 2 is 1.96 bits per heavy atom. The van der Waals surface area contributed by atoms with E-state index in [-0.39, 0.29) is 12.6 Å². The summed E-state index contributed by atoms with van der Waals surface area (Å²) in [6.45, 7) is 4.88. The zero-order chi connectivity index (χ0) is 18.1. The molecule has 0 N–H and O–H groups in total. The lowest BCUT2D eigenvalue weighted by atomic mass is 10.1. The summed E-state index contributed by atoms with van der Waals surface area (Å²) in [7, 11) is 0. The van der Waals surface area contributed by atoms with Crippen LogP contribution in [0.1, 0.15) is 26.7 Å². The smallest absolute Gasteiger partial charge is 0.348 e. The van der Waals surface area contributed by atoms with E-state index in [0.29, 0.717) is 23.9 Å². The van der Waals surface area contributed by atoms with Crippen molar-refractivity contribution in [2.75, 3.05) is 13.2 Å². The van der Waals surface area contributed by atoms with Gasteiger partial charge in [0.1, 0.15) is 30.5 Å². The van der Waals surface area contributed by atoms with Crippen LogP contribution in [-0.2, 0) is 11.3 Å². The second kappa shape index (κ2) is 6.84. The van der Waals surface area contributed by atoms with Crippen LogP contribution in [0.3, 0.4) is 0 Å². The number of hydrogen-bond acceptors (Lipinski definition) is 7. The molecule has 0 atom stereocenters. The maximum Gasteiger partial charge on any atom is 0.348 e. The van der Waals surface area contributed by atoms with Crippen molar-refractivity contribution in [1.29, 1.82) is 0 Å². The number of aromatic nitrogens is 1. The molecule has 3 aromatic rings. The largest absolute Gasteiger partial charge is 0.486 e. The van der Waals surface area contributed by atoms with Crippen LogP contribution >= 0.6 is 11.3 Å². The van der Waals surface area contributed by atoms with Crippen LogP contribution in [0.2, 0.25) is 0 Å². The summed E-state index contributed by atoms with van der Waals surface area (Å²) < 4.78 is 21.6. The zero-order valence-corrected chi connectivity index (χ0v) is 15.2. The molecule has 0 saturated carbocycles. The number of nitrogens with zero attached hydrogens (tertiary/aromatic N) is 1. The van der Waals surface area contributed by atoms with Crippen LogP contribution in [0.5, 0.6) is 11.5 Å². The highest BCUT2D eigenvalue weighted by Crippen LogP contribution is 2.37. The van der Waals surface area contributed by atoms with Gasteiger partial charge in [0.2, 0.25) is 0 Å². The average Bonchev–Trinajstić information content (AvgIpc) is 3.27. The van der Waals surface area contributed by atoms with Gasteiger partial charge >= 0.3 is 5.97 Å². The second-order valence-corrected chi connectivity index (χ2v) is 6.98. The summed E-state index contributed by atoms with van der Waals surface area (Å²) in [6, 6.07) is 9.45. The number of hydrogen-bond donors (Lipinski definition) is 0. The van der Waals surface area contributed by atoms with Crippen molar-refractivity contribution in [2.45, 2.75) is 20.5 Å². The summed E-state index contributed by atoms with van der Waals surface area (Å²) in [6.07, 6.45) is 0. The molecule has 0 unspecified atom stereocenters. The van der Waals surface area contributed by atoms with Crippen LogP contribution < -0.4 is 9.47 Å². The Labute approximate surface area is 154 Å². The minimum absolute atomic E-state index is 0.150. The Kier molecular flexibility index (Phi) is 4.38. The Hall–Kier alpha value is -2.80. The first-order chi connectivity index (χ1) is 12.6. The lowest BCUT2D eigenvalue weighted by Gasteiger charge is -2.18. The molecule has 6 nitrogen and oxygen atoms in total. The minimum atomic E-state index is -0.362. The van der Waals surface area contributed by atoms with E-state index in [1.807, 2.05) is 31.2 Å². The fourth-order valence-corrected chi connectivity index (χ4v) is 3.61. The van der Waals surface area contributed by atoms with Crippen molar-refractivity contribution >= 4 is 17.3 Å². The van der Waals surface area contributed by atoms with Gasteiger partial charge in [-0.05, 0) is 49.7 Å². The molecular formula is C19H17NO5S. The highest BCUT2D eigenvalue weighted by molar-refractivity contribution is 7.17. The van der Waals surface area contributed by atoms with Crippen LogP contribution in [0.15, 0.2) is 34.9 Å². The van der Waals surface area contributed by atoms with Gasteiger partial charge in [-0.2, -0.15) is 0 Å². The molecule has 0 fully saturated rings. The first kappa shape index (κ1) is 16.7. The molecule has 0 aliphatic carbocycles. The van der Waals surface area contributed by atoms with E-state index in [9.17, 15) is 4.79 Å². The number of fused-ring (bicyclic) bond motifs is 1. The van der Waals surface area contributed by atoms with Crippen molar-refractivity contribution in [3.05, 3.63) is 52.2 Å². The van der Waals surface area contributed by atoms with Gasteiger partial charge in [-0.15, -0.1) is 11.3 Å². The molecule has 4 rings (SSSR count). The highest BCUT2D eigenvalue weighted by atomic mass is 32.1. The molecule has 7 heteroatoms. The quantitative estimate of drug-likeness (QED) is 0.642. The number of benzene rings is 1. The van der Waals surface area contributed by atoms with E-state index < -0.39 is 0 Å². The molecule has 1 aliphatic heterocycles. The lowest BCUT2D eigenvalue weighted by molar-refractivity contribution is 0.0476. The van der Waals surface area contributed by atoms with Crippen molar-refractivity contribution in [3.8, 4) is 21.9 Å². The van der Waals surface area contributed by atoms with Crippen molar-refractivity contribution < 1.29 is 23.5 Å². The van der Waals surface area contributed by atoms with Crippen LogP contribution in [0, 0.1) is 13.8 Å². The topological polar surface area (TPSA) is 70.8 Å². The number of carbonyl (C=O) groups excluding carboxylic acids is 1. The summed E-state index contributed by atoms with van der Waals surface area (Å²) in [5.74, 6) is 1.78. The number of rotatable bonds is 4. The van der Waals surface area contributed by atoms with Gasteiger partial charge in [-0.3, -0.25) is 0 Å². The third-order valence-corrected chi connectivity index (χ3v) is 5.28. The lowest BCUT2D eigenvalue weighted by Crippen LogP contribution is -2.15. The van der Waals surface area contributed by atoms with Gasteiger partial charge in [0, 0.05) is 4.88 Å². The molecule has 0 spiro atoms. The van der Waals surface area contributed by atoms with Crippen molar-refractivity contribution in [3.63, 3.8) is 0 Å². The Bertz CT molecular complexity index is 939. The second-order valence-electron chi connectivity index (χ2n) is 5.90. The predicted molar refractivity (Wildman–Crippen MR) is 95.8 cm³/mol. The number of thiophene rings is 1. The normalized spacial score (nSPS) is 12.8. The SMILES string of the molecule is Cc1noc(C)c1COC(=O)c1ccc(-c2ccc3c(c2)OCCO3)s1. The van der Waals surface area contributed by atoms with E-state index in [2.05, 4.69) is 5.16 Å². The van der Waals surface area contributed by atoms with Gasteiger partial charge in [-0.25, -0.2) is 4.79 Å². The fourth-order valence-electron chi connectivity index (χ4n) is 2.72. The number of carbonyl (C=O) groups is 1. The maximum absolute atomic E-state index is 12.3. The molecule has 0 saturated heterocycles. The molecule has 134 valence electrons. The Morgan fingerprint density at radius 3 is 2.73 bits per heavy atom. The standard InChI is InChI=1S/C19H17NO5S/c1-11-14(12(2)25-20-11)10-24-19(21)18-6-5-17(26-18)13-3-4-15-16(9-13)23-8-7-22-15/h3-6,9H,7-8,10H2,1-2H3. The molecule has 0 amide bonds. The summed E-state index contributed by atoms with van der Waals surface area (Å²) in [5, 5.41) is 3.86. The molecule has 0 bridgehead atoms. The number of esters is 1. The predicted octanol–water partition coefficient (Wildman–Crippen LogP) is 4.15. The molecular weight excluding hydrogens is 354 g/mol. The van der Waals surface area contributed by atoms with Crippen LogP contribution in [0.25, 0.3) is 10.4 Å². The number of ether oxygens (including phenoxy) is 3. The van der Waals surface area contributed by atoms with Crippen molar-refractivity contribution in [1.82, 2.24) is 5.16 Å². The molecule has 26 heavy (non-hydrogen) atoms. The van der Waals surface area contributed by atoms with Crippen molar-refractivity contribution in [2.24, 2.45) is 0 Å².